The number of nitrogens with zero attached hydrogens (tertiary/aromatic N) is 2. The summed E-state index contributed by atoms with van der Waals surface area (Å²) in [6.07, 6.45) is 2.91. The highest BCUT2D eigenvalue weighted by atomic mass is 16.6. The Morgan fingerprint density at radius 3 is 2.43 bits per heavy atom. The predicted octanol–water partition coefficient (Wildman–Crippen LogP) is 1.55. The van der Waals surface area contributed by atoms with Crippen LogP contribution in [0.5, 0.6) is 0 Å². The van der Waals surface area contributed by atoms with Crippen molar-refractivity contribution in [1.82, 2.24) is 15.8 Å². The van der Waals surface area contributed by atoms with Gasteiger partial charge in [-0.1, -0.05) is 12.1 Å². The van der Waals surface area contributed by atoms with Crippen molar-refractivity contribution >= 4 is 17.5 Å². The minimum Gasteiger partial charge on any atom is -0.273 e. The van der Waals surface area contributed by atoms with Crippen molar-refractivity contribution in [3.8, 4) is 0 Å². The van der Waals surface area contributed by atoms with Gasteiger partial charge >= 0.3 is 0 Å². The van der Waals surface area contributed by atoms with Gasteiger partial charge in [-0.25, -0.2) is 0 Å². The number of amides is 2. The molecule has 1 heterocycles. The first-order valence-corrected chi connectivity index (χ1v) is 6.73. The van der Waals surface area contributed by atoms with Crippen molar-refractivity contribution in [2.24, 2.45) is 0 Å². The van der Waals surface area contributed by atoms with Crippen molar-refractivity contribution < 1.29 is 14.5 Å². The average Bonchev–Trinajstić information content (AvgIpc) is 2.59. The normalized spacial score (nSPS) is 11.3. The summed E-state index contributed by atoms with van der Waals surface area (Å²) in [5, 5.41) is 10.6. The Kier molecular flexibility index (Phi) is 4.98. The van der Waals surface area contributed by atoms with Crippen molar-refractivity contribution in [2.75, 3.05) is 0 Å². The standard InChI is InChI=1S/C15H14N4O4/c1-10(11-4-6-13(7-5-11)19(22)23)14(20)17-18-15(21)12-3-2-8-16-9-12/h2-10H,1H3,(H,17,20)(H,18,21). The maximum atomic E-state index is 12.0. The number of carbonyl (C=O) groups is 2. The van der Waals surface area contributed by atoms with Crippen LogP contribution in [-0.2, 0) is 4.79 Å². The molecule has 1 unspecified atom stereocenters. The molecular weight excluding hydrogens is 300 g/mol. The van der Waals surface area contributed by atoms with Crippen LogP contribution in [-0.4, -0.2) is 21.7 Å². The summed E-state index contributed by atoms with van der Waals surface area (Å²) in [6.45, 7) is 1.63. The minimum absolute atomic E-state index is 0.0498. The lowest BCUT2D eigenvalue weighted by molar-refractivity contribution is -0.384. The number of pyridine rings is 1. The van der Waals surface area contributed by atoms with Gasteiger partial charge in [0.15, 0.2) is 0 Å². The molecule has 8 heteroatoms. The third-order valence-corrected chi connectivity index (χ3v) is 3.22. The lowest BCUT2D eigenvalue weighted by Crippen LogP contribution is -2.43. The van der Waals surface area contributed by atoms with E-state index in [0.717, 1.165) is 0 Å². The lowest BCUT2D eigenvalue weighted by atomic mass is 10.0. The fourth-order valence-electron chi connectivity index (χ4n) is 1.83. The molecule has 0 saturated carbocycles. The number of hydrogen-bond acceptors (Lipinski definition) is 5. The van der Waals surface area contributed by atoms with Crippen LogP contribution in [0.2, 0.25) is 0 Å². The lowest BCUT2D eigenvalue weighted by Gasteiger charge is -2.13. The van der Waals surface area contributed by atoms with Gasteiger partial charge in [0.2, 0.25) is 5.91 Å². The van der Waals surface area contributed by atoms with Crippen LogP contribution in [0, 0.1) is 10.1 Å². The van der Waals surface area contributed by atoms with Crippen LogP contribution in [0.25, 0.3) is 0 Å². The molecule has 23 heavy (non-hydrogen) atoms. The van der Waals surface area contributed by atoms with Crippen molar-refractivity contribution in [2.45, 2.75) is 12.8 Å². The number of carbonyl (C=O) groups excluding carboxylic acids is 2. The van der Waals surface area contributed by atoms with Gasteiger partial charge in [-0.3, -0.25) is 35.5 Å². The Hall–Kier alpha value is -3.29. The molecule has 118 valence electrons. The number of rotatable bonds is 4. The van der Waals surface area contributed by atoms with E-state index in [4.69, 9.17) is 0 Å². The summed E-state index contributed by atoms with van der Waals surface area (Å²) in [4.78, 5) is 37.7. The molecule has 1 atom stereocenters. The molecule has 2 rings (SSSR count). The monoisotopic (exact) mass is 314 g/mol. The number of nitrogens with one attached hydrogen (secondary N) is 2. The maximum absolute atomic E-state index is 12.0. The Morgan fingerprint density at radius 2 is 1.87 bits per heavy atom. The average molecular weight is 314 g/mol. The van der Waals surface area contributed by atoms with Gasteiger partial charge < -0.3 is 0 Å². The molecule has 0 radical (unpaired) electrons. The molecular formula is C15H14N4O4. The summed E-state index contributed by atoms with van der Waals surface area (Å²) in [7, 11) is 0. The van der Waals surface area contributed by atoms with E-state index in [1.165, 1.54) is 36.7 Å². The second-order valence-corrected chi connectivity index (χ2v) is 4.76. The van der Waals surface area contributed by atoms with Gasteiger partial charge in [-0.2, -0.15) is 0 Å². The van der Waals surface area contributed by atoms with Crippen LogP contribution >= 0.6 is 0 Å². The molecule has 0 aliphatic rings. The van der Waals surface area contributed by atoms with E-state index in [-0.39, 0.29) is 5.69 Å². The van der Waals surface area contributed by atoms with Gasteiger partial charge in [0.25, 0.3) is 11.6 Å². The van der Waals surface area contributed by atoms with Crippen LogP contribution < -0.4 is 10.9 Å². The SMILES string of the molecule is CC(C(=O)NNC(=O)c1cccnc1)c1ccc([N+](=O)[O-])cc1. The van der Waals surface area contributed by atoms with Gasteiger partial charge in [-0.05, 0) is 24.6 Å². The zero-order valence-corrected chi connectivity index (χ0v) is 12.2. The third-order valence-electron chi connectivity index (χ3n) is 3.22. The fraction of sp³-hybridized carbons (Fsp3) is 0.133. The van der Waals surface area contributed by atoms with E-state index in [0.29, 0.717) is 11.1 Å². The maximum Gasteiger partial charge on any atom is 0.271 e. The van der Waals surface area contributed by atoms with Crippen molar-refractivity contribution in [1.29, 1.82) is 0 Å². The van der Waals surface area contributed by atoms with E-state index in [9.17, 15) is 19.7 Å². The van der Waals surface area contributed by atoms with Gasteiger partial charge in [0, 0.05) is 24.5 Å². The molecule has 1 aromatic heterocycles. The highest BCUT2D eigenvalue weighted by molar-refractivity contribution is 5.95. The largest absolute Gasteiger partial charge is 0.273 e. The number of nitro groups is 1. The number of nitro benzene ring substituents is 1. The topological polar surface area (TPSA) is 114 Å². The molecule has 2 N–H and O–H groups in total. The molecule has 0 fully saturated rings. The molecule has 0 spiro atoms. The Labute approximate surface area is 131 Å². The quantitative estimate of drug-likeness (QED) is 0.656. The number of hydrogen-bond donors (Lipinski definition) is 2. The highest BCUT2D eigenvalue weighted by Gasteiger charge is 2.17. The predicted molar refractivity (Wildman–Crippen MR) is 81.4 cm³/mol. The number of hydrazine groups is 1. The summed E-state index contributed by atoms with van der Waals surface area (Å²) < 4.78 is 0. The van der Waals surface area contributed by atoms with Gasteiger partial charge in [-0.15, -0.1) is 0 Å². The van der Waals surface area contributed by atoms with Crippen LogP contribution in [0.1, 0.15) is 28.8 Å². The smallest absolute Gasteiger partial charge is 0.271 e. The number of benzene rings is 1. The molecule has 0 aliphatic heterocycles. The zero-order chi connectivity index (χ0) is 16.8. The van der Waals surface area contributed by atoms with Gasteiger partial charge in [0.05, 0.1) is 16.4 Å². The summed E-state index contributed by atoms with van der Waals surface area (Å²) in [5.41, 5.74) is 5.48. The van der Waals surface area contributed by atoms with Gasteiger partial charge in [0.1, 0.15) is 0 Å². The van der Waals surface area contributed by atoms with E-state index < -0.39 is 22.7 Å². The molecule has 0 aliphatic carbocycles. The fourth-order valence-corrected chi connectivity index (χ4v) is 1.83. The molecule has 0 saturated heterocycles. The first-order chi connectivity index (χ1) is 11.0. The Bertz CT molecular complexity index is 716. The first kappa shape index (κ1) is 16.1. The molecule has 8 nitrogen and oxygen atoms in total. The summed E-state index contributed by atoms with van der Waals surface area (Å²) in [5.74, 6) is -1.50. The third kappa shape index (κ3) is 4.10. The minimum atomic E-state index is -0.579. The second kappa shape index (κ2) is 7.12. The Morgan fingerprint density at radius 1 is 1.17 bits per heavy atom. The first-order valence-electron chi connectivity index (χ1n) is 6.73. The number of non-ortho nitro benzene ring substituents is 1. The molecule has 2 aromatic rings. The molecule has 2 amide bonds. The number of aromatic nitrogens is 1. The second-order valence-electron chi connectivity index (χ2n) is 4.76. The van der Waals surface area contributed by atoms with Crippen molar-refractivity contribution in [3.05, 3.63) is 70.0 Å². The van der Waals surface area contributed by atoms with E-state index >= 15 is 0 Å². The van der Waals surface area contributed by atoms with Crippen molar-refractivity contribution in [3.63, 3.8) is 0 Å². The molecule has 0 bridgehead atoms. The van der Waals surface area contributed by atoms with Crippen LogP contribution in [0.4, 0.5) is 5.69 Å². The van der Waals surface area contributed by atoms with Crippen LogP contribution in [0.15, 0.2) is 48.8 Å². The van der Waals surface area contributed by atoms with E-state index in [2.05, 4.69) is 15.8 Å². The zero-order valence-electron chi connectivity index (χ0n) is 12.2. The summed E-state index contributed by atoms with van der Waals surface area (Å²) in [6, 6.07) is 8.84. The van der Waals surface area contributed by atoms with Crippen LogP contribution in [0.3, 0.4) is 0 Å². The summed E-state index contributed by atoms with van der Waals surface area (Å²) >= 11 is 0. The molecule has 1 aromatic carbocycles. The Balaban J connectivity index is 1.95. The highest BCUT2D eigenvalue weighted by Crippen LogP contribution is 2.19. The van der Waals surface area contributed by atoms with E-state index in [1.54, 1.807) is 19.1 Å². The van der Waals surface area contributed by atoms with E-state index in [1.807, 2.05) is 0 Å².